The molecule has 0 aliphatic rings. The molecule has 0 aliphatic heterocycles. The molecule has 1 aromatic rings. The first-order valence-corrected chi connectivity index (χ1v) is 4.75. The van der Waals surface area contributed by atoms with Gasteiger partial charge in [0.05, 0.1) is 12.2 Å². The molecule has 0 fully saturated rings. The predicted molar refractivity (Wildman–Crippen MR) is 56.9 cm³/mol. The molecular formula is C11H15NO3. The third-order valence-corrected chi connectivity index (χ3v) is 1.96. The van der Waals surface area contributed by atoms with Crippen molar-refractivity contribution in [2.24, 2.45) is 5.73 Å². The number of carbonyl (C=O) groups is 1. The van der Waals surface area contributed by atoms with E-state index in [1.165, 1.54) is 7.11 Å². The SMILES string of the molecule is CCOc1ccccc1C(=O)C(N)OC. The van der Waals surface area contributed by atoms with Crippen molar-refractivity contribution in [3.8, 4) is 5.75 Å². The monoisotopic (exact) mass is 209 g/mol. The lowest BCUT2D eigenvalue weighted by Crippen LogP contribution is -2.32. The summed E-state index contributed by atoms with van der Waals surface area (Å²) in [6, 6.07) is 6.98. The molecule has 0 aliphatic carbocycles. The maximum absolute atomic E-state index is 11.7. The van der Waals surface area contributed by atoms with Gasteiger partial charge in [0, 0.05) is 7.11 Å². The van der Waals surface area contributed by atoms with Gasteiger partial charge >= 0.3 is 0 Å². The number of carbonyl (C=O) groups excluding carboxylic acids is 1. The number of hydrogen-bond donors (Lipinski definition) is 1. The Kier molecular flexibility index (Phi) is 4.27. The van der Waals surface area contributed by atoms with Crippen molar-refractivity contribution in [2.45, 2.75) is 13.2 Å². The van der Waals surface area contributed by atoms with Crippen molar-refractivity contribution >= 4 is 5.78 Å². The first-order valence-electron chi connectivity index (χ1n) is 4.75. The molecule has 15 heavy (non-hydrogen) atoms. The van der Waals surface area contributed by atoms with Crippen LogP contribution in [0.4, 0.5) is 0 Å². The van der Waals surface area contributed by atoms with Crippen molar-refractivity contribution in [3.05, 3.63) is 29.8 Å². The molecule has 4 nitrogen and oxygen atoms in total. The standard InChI is InChI=1S/C11H15NO3/c1-3-15-9-7-5-4-6-8(9)10(13)11(12)14-2/h4-7,11H,3,12H2,1-2H3. The predicted octanol–water partition coefficient (Wildman–Crippen LogP) is 1.20. The molecule has 0 bridgehead atoms. The molecule has 1 unspecified atom stereocenters. The summed E-state index contributed by atoms with van der Waals surface area (Å²) in [5, 5.41) is 0. The van der Waals surface area contributed by atoms with Gasteiger partial charge in [-0.2, -0.15) is 0 Å². The van der Waals surface area contributed by atoms with Crippen LogP contribution in [0.25, 0.3) is 0 Å². The van der Waals surface area contributed by atoms with Crippen LogP contribution in [0.5, 0.6) is 5.75 Å². The number of para-hydroxylation sites is 1. The van der Waals surface area contributed by atoms with Crippen LogP contribution in [0.2, 0.25) is 0 Å². The van der Waals surface area contributed by atoms with Crippen molar-refractivity contribution in [1.82, 2.24) is 0 Å². The Morgan fingerprint density at radius 2 is 2.13 bits per heavy atom. The van der Waals surface area contributed by atoms with E-state index in [9.17, 15) is 4.79 Å². The van der Waals surface area contributed by atoms with Crippen LogP contribution in [0.3, 0.4) is 0 Å². The average Bonchev–Trinajstić information content (AvgIpc) is 2.28. The van der Waals surface area contributed by atoms with E-state index in [4.69, 9.17) is 15.2 Å². The second kappa shape index (κ2) is 5.48. The Balaban J connectivity index is 2.96. The van der Waals surface area contributed by atoms with E-state index in [2.05, 4.69) is 0 Å². The van der Waals surface area contributed by atoms with E-state index < -0.39 is 6.23 Å². The van der Waals surface area contributed by atoms with E-state index in [1.807, 2.05) is 6.92 Å². The fourth-order valence-electron chi connectivity index (χ4n) is 1.21. The summed E-state index contributed by atoms with van der Waals surface area (Å²) in [5.74, 6) is 0.263. The minimum Gasteiger partial charge on any atom is -0.493 e. The van der Waals surface area contributed by atoms with Crippen LogP contribution in [-0.4, -0.2) is 25.7 Å². The number of ether oxygens (including phenoxy) is 2. The van der Waals surface area contributed by atoms with Crippen LogP contribution >= 0.6 is 0 Å². The Hall–Kier alpha value is -1.39. The van der Waals surface area contributed by atoms with Crippen LogP contribution in [0, 0.1) is 0 Å². The molecule has 0 radical (unpaired) electrons. The molecule has 0 aromatic heterocycles. The molecule has 1 aromatic carbocycles. The molecule has 0 saturated carbocycles. The van der Waals surface area contributed by atoms with Crippen molar-refractivity contribution in [1.29, 1.82) is 0 Å². The van der Waals surface area contributed by atoms with E-state index in [-0.39, 0.29) is 5.78 Å². The van der Waals surface area contributed by atoms with Gasteiger partial charge in [-0.25, -0.2) is 0 Å². The highest BCUT2D eigenvalue weighted by Gasteiger charge is 2.18. The van der Waals surface area contributed by atoms with Gasteiger partial charge in [-0.05, 0) is 19.1 Å². The zero-order chi connectivity index (χ0) is 11.3. The first-order chi connectivity index (χ1) is 7.20. The summed E-state index contributed by atoms with van der Waals surface area (Å²) in [7, 11) is 1.39. The van der Waals surface area contributed by atoms with Gasteiger partial charge in [-0.3, -0.25) is 10.5 Å². The van der Waals surface area contributed by atoms with Crippen molar-refractivity contribution in [3.63, 3.8) is 0 Å². The van der Waals surface area contributed by atoms with E-state index in [0.717, 1.165) is 0 Å². The maximum atomic E-state index is 11.7. The average molecular weight is 209 g/mol. The smallest absolute Gasteiger partial charge is 0.209 e. The fourth-order valence-corrected chi connectivity index (χ4v) is 1.21. The lowest BCUT2D eigenvalue weighted by molar-refractivity contribution is 0.0620. The Morgan fingerprint density at radius 1 is 1.47 bits per heavy atom. The highest BCUT2D eigenvalue weighted by Crippen LogP contribution is 2.19. The number of hydrogen-bond acceptors (Lipinski definition) is 4. The number of Topliss-reactive ketones (excluding diaryl/α,β-unsaturated/α-hetero) is 1. The minimum absolute atomic E-state index is 0.276. The van der Waals surface area contributed by atoms with Crippen LogP contribution in [-0.2, 0) is 4.74 Å². The van der Waals surface area contributed by atoms with Gasteiger partial charge < -0.3 is 9.47 Å². The second-order valence-corrected chi connectivity index (χ2v) is 2.95. The van der Waals surface area contributed by atoms with Gasteiger partial charge in [0.15, 0.2) is 6.23 Å². The normalized spacial score (nSPS) is 12.2. The Labute approximate surface area is 89.0 Å². The minimum atomic E-state index is -0.938. The van der Waals surface area contributed by atoms with E-state index >= 15 is 0 Å². The topological polar surface area (TPSA) is 61.5 Å². The highest BCUT2D eigenvalue weighted by molar-refractivity contribution is 6.01. The van der Waals surface area contributed by atoms with Gasteiger partial charge in [0.25, 0.3) is 0 Å². The summed E-state index contributed by atoms with van der Waals surface area (Å²) in [5.41, 5.74) is 5.94. The molecule has 1 rings (SSSR count). The molecule has 0 heterocycles. The molecule has 4 heteroatoms. The van der Waals surface area contributed by atoms with Crippen LogP contribution < -0.4 is 10.5 Å². The quantitative estimate of drug-likeness (QED) is 0.584. The number of benzene rings is 1. The first kappa shape index (κ1) is 11.7. The largest absolute Gasteiger partial charge is 0.493 e. The number of nitrogens with two attached hydrogens (primary N) is 1. The fraction of sp³-hybridized carbons (Fsp3) is 0.364. The Bertz CT molecular complexity index is 338. The zero-order valence-electron chi connectivity index (χ0n) is 8.90. The van der Waals surface area contributed by atoms with E-state index in [1.54, 1.807) is 24.3 Å². The summed E-state index contributed by atoms with van der Waals surface area (Å²) >= 11 is 0. The van der Waals surface area contributed by atoms with Gasteiger partial charge in [0.1, 0.15) is 5.75 Å². The Morgan fingerprint density at radius 3 is 2.73 bits per heavy atom. The van der Waals surface area contributed by atoms with Crippen molar-refractivity contribution in [2.75, 3.05) is 13.7 Å². The highest BCUT2D eigenvalue weighted by atomic mass is 16.5. The molecular weight excluding hydrogens is 194 g/mol. The van der Waals surface area contributed by atoms with E-state index in [0.29, 0.717) is 17.9 Å². The van der Waals surface area contributed by atoms with Gasteiger partial charge in [-0.1, -0.05) is 12.1 Å². The number of ketones is 1. The van der Waals surface area contributed by atoms with Gasteiger partial charge in [-0.15, -0.1) is 0 Å². The molecule has 1 atom stereocenters. The molecule has 0 amide bonds. The molecule has 82 valence electrons. The molecule has 2 N–H and O–H groups in total. The third-order valence-electron chi connectivity index (χ3n) is 1.96. The summed E-state index contributed by atoms with van der Waals surface area (Å²) in [4.78, 5) is 11.7. The van der Waals surface area contributed by atoms with Crippen LogP contribution in [0.15, 0.2) is 24.3 Å². The van der Waals surface area contributed by atoms with Gasteiger partial charge in [0.2, 0.25) is 5.78 Å². The molecule has 0 spiro atoms. The summed E-state index contributed by atoms with van der Waals surface area (Å²) in [6.45, 7) is 2.37. The van der Waals surface area contributed by atoms with Crippen molar-refractivity contribution < 1.29 is 14.3 Å². The summed E-state index contributed by atoms with van der Waals surface area (Å²) in [6.07, 6.45) is -0.938. The number of methoxy groups -OCH3 is 1. The second-order valence-electron chi connectivity index (χ2n) is 2.95. The zero-order valence-corrected chi connectivity index (χ0v) is 8.90. The number of rotatable bonds is 5. The lowest BCUT2D eigenvalue weighted by atomic mass is 10.1. The maximum Gasteiger partial charge on any atom is 0.209 e. The molecule has 0 saturated heterocycles. The lowest BCUT2D eigenvalue weighted by Gasteiger charge is -2.12. The third kappa shape index (κ3) is 2.78. The summed E-state index contributed by atoms with van der Waals surface area (Å²) < 4.78 is 10.1. The van der Waals surface area contributed by atoms with Crippen LogP contribution in [0.1, 0.15) is 17.3 Å².